The monoisotopic (exact) mass is 362 g/mol. The fourth-order valence-electron chi connectivity index (χ4n) is 3.52. The summed E-state index contributed by atoms with van der Waals surface area (Å²) >= 11 is 1.64. The van der Waals surface area contributed by atoms with Crippen LogP contribution in [0, 0.1) is 17.5 Å². The molecule has 1 aromatic carbocycles. The van der Waals surface area contributed by atoms with Gasteiger partial charge in [-0.3, -0.25) is 4.90 Å². The Morgan fingerprint density at radius 3 is 2.64 bits per heavy atom. The summed E-state index contributed by atoms with van der Waals surface area (Å²) in [5.74, 6) is -2.89. The first kappa shape index (κ1) is 16.4. The van der Waals surface area contributed by atoms with Gasteiger partial charge in [-0.15, -0.1) is 11.3 Å². The summed E-state index contributed by atoms with van der Waals surface area (Å²) in [6.45, 7) is 2.22. The van der Waals surface area contributed by atoms with Crippen LogP contribution in [0.4, 0.5) is 13.2 Å². The van der Waals surface area contributed by atoms with Gasteiger partial charge in [0, 0.05) is 48.0 Å². The van der Waals surface area contributed by atoms with E-state index in [4.69, 9.17) is 0 Å². The van der Waals surface area contributed by atoms with Gasteiger partial charge in [0.05, 0.1) is 6.04 Å². The summed E-state index contributed by atoms with van der Waals surface area (Å²) in [5, 5.41) is 2.00. The molecular weight excluding hydrogens is 345 g/mol. The highest BCUT2D eigenvalue weighted by atomic mass is 32.1. The van der Waals surface area contributed by atoms with Crippen LogP contribution >= 0.6 is 11.3 Å². The van der Waals surface area contributed by atoms with Crippen molar-refractivity contribution in [1.82, 2.24) is 9.47 Å². The number of benzene rings is 1. The SMILES string of the molecule is Fc1cc(F)c(C2c3cccn3CCCN2Cc2cccs2)cc1F. The number of fused-ring (bicyclic) bond motifs is 1. The number of hydrogen-bond acceptors (Lipinski definition) is 2. The minimum Gasteiger partial charge on any atom is -0.350 e. The van der Waals surface area contributed by atoms with Gasteiger partial charge in [0.15, 0.2) is 11.6 Å². The predicted molar refractivity (Wildman–Crippen MR) is 91.9 cm³/mol. The van der Waals surface area contributed by atoms with Crippen molar-refractivity contribution in [3.63, 3.8) is 0 Å². The molecule has 1 atom stereocenters. The molecule has 1 aliphatic heterocycles. The number of rotatable bonds is 3. The molecule has 0 bridgehead atoms. The summed E-state index contributed by atoms with van der Waals surface area (Å²) in [6, 6.07) is 9.05. The van der Waals surface area contributed by atoms with E-state index in [0.29, 0.717) is 12.6 Å². The normalized spacial score (nSPS) is 18.1. The maximum absolute atomic E-state index is 14.6. The zero-order chi connectivity index (χ0) is 17.4. The van der Waals surface area contributed by atoms with Crippen molar-refractivity contribution in [3.8, 4) is 0 Å². The Bertz CT molecular complexity index is 873. The molecule has 0 spiro atoms. The van der Waals surface area contributed by atoms with Gasteiger partial charge in [-0.1, -0.05) is 6.07 Å². The number of hydrogen-bond donors (Lipinski definition) is 0. The van der Waals surface area contributed by atoms with Crippen LogP contribution in [0.5, 0.6) is 0 Å². The van der Waals surface area contributed by atoms with Gasteiger partial charge in [0.2, 0.25) is 0 Å². The molecule has 0 saturated heterocycles. The van der Waals surface area contributed by atoms with Crippen LogP contribution in [0.1, 0.15) is 28.6 Å². The Kier molecular flexibility index (Phi) is 4.39. The van der Waals surface area contributed by atoms with Crippen LogP contribution in [0.3, 0.4) is 0 Å². The van der Waals surface area contributed by atoms with E-state index in [2.05, 4.69) is 9.47 Å². The molecule has 0 N–H and O–H groups in total. The molecule has 3 heterocycles. The smallest absolute Gasteiger partial charge is 0.161 e. The van der Waals surface area contributed by atoms with Crippen molar-refractivity contribution in [2.75, 3.05) is 6.54 Å². The van der Waals surface area contributed by atoms with Crippen molar-refractivity contribution in [2.45, 2.75) is 25.6 Å². The lowest BCUT2D eigenvalue weighted by Gasteiger charge is -2.30. The van der Waals surface area contributed by atoms with Crippen molar-refractivity contribution in [3.05, 3.63) is 81.6 Å². The van der Waals surface area contributed by atoms with Crippen molar-refractivity contribution in [2.24, 2.45) is 0 Å². The molecule has 1 aliphatic rings. The molecule has 4 rings (SSSR count). The highest BCUT2D eigenvalue weighted by Crippen LogP contribution is 2.35. The van der Waals surface area contributed by atoms with E-state index in [-0.39, 0.29) is 5.56 Å². The lowest BCUT2D eigenvalue weighted by Crippen LogP contribution is -2.30. The molecule has 0 radical (unpaired) electrons. The Labute approximate surface area is 148 Å². The van der Waals surface area contributed by atoms with Crippen LogP contribution in [-0.4, -0.2) is 16.0 Å². The average Bonchev–Trinajstić information content (AvgIpc) is 3.22. The third kappa shape index (κ3) is 3.12. The molecule has 3 aromatic rings. The fraction of sp³-hybridized carbons (Fsp3) is 0.263. The van der Waals surface area contributed by atoms with Crippen molar-refractivity contribution < 1.29 is 13.2 Å². The molecule has 0 fully saturated rings. The van der Waals surface area contributed by atoms with Gasteiger partial charge in [0.1, 0.15) is 5.82 Å². The summed E-state index contributed by atoms with van der Waals surface area (Å²) in [5.41, 5.74) is 1.08. The van der Waals surface area contributed by atoms with E-state index in [9.17, 15) is 13.2 Å². The summed E-state index contributed by atoms with van der Waals surface area (Å²) in [7, 11) is 0. The van der Waals surface area contributed by atoms with Crippen molar-refractivity contribution >= 4 is 11.3 Å². The first-order valence-corrected chi connectivity index (χ1v) is 9.07. The molecule has 130 valence electrons. The van der Waals surface area contributed by atoms with Crippen LogP contribution in [0.15, 0.2) is 48.0 Å². The van der Waals surface area contributed by atoms with Crippen molar-refractivity contribution in [1.29, 1.82) is 0 Å². The lowest BCUT2D eigenvalue weighted by molar-refractivity contribution is 0.217. The Morgan fingerprint density at radius 1 is 1.00 bits per heavy atom. The topological polar surface area (TPSA) is 8.17 Å². The van der Waals surface area contributed by atoms with E-state index in [1.165, 1.54) is 0 Å². The molecule has 6 heteroatoms. The van der Waals surface area contributed by atoms with E-state index in [1.54, 1.807) is 11.3 Å². The van der Waals surface area contributed by atoms with E-state index >= 15 is 0 Å². The third-order valence-electron chi connectivity index (χ3n) is 4.63. The number of nitrogens with zero attached hydrogens (tertiary/aromatic N) is 2. The van der Waals surface area contributed by atoms with Gasteiger partial charge in [-0.2, -0.15) is 0 Å². The van der Waals surface area contributed by atoms with Gasteiger partial charge in [-0.25, -0.2) is 13.2 Å². The second-order valence-corrected chi connectivity index (χ2v) is 7.25. The summed E-state index contributed by atoms with van der Waals surface area (Å²) in [6.07, 6.45) is 2.86. The predicted octanol–water partition coefficient (Wildman–Crippen LogP) is 4.96. The number of aromatic nitrogens is 1. The first-order valence-electron chi connectivity index (χ1n) is 8.19. The highest BCUT2D eigenvalue weighted by molar-refractivity contribution is 7.09. The minimum absolute atomic E-state index is 0.178. The molecule has 2 aromatic heterocycles. The van der Waals surface area contributed by atoms with E-state index < -0.39 is 23.5 Å². The molecule has 0 saturated carbocycles. The van der Waals surface area contributed by atoms with Crippen LogP contribution in [-0.2, 0) is 13.1 Å². The van der Waals surface area contributed by atoms with E-state index in [0.717, 1.165) is 36.1 Å². The summed E-state index contributed by atoms with van der Waals surface area (Å²) in [4.78, 5) is 3.30. The highest BCUT2D eigenvalue weighted by Gasteiger charge is 2.30. The van der Waals surface area contributed by atoms with Crippen LogP contribution in [0.2, 0.25) is 0 Å². The maximum atomic E-state index is 14.6. The second kappa shape index (κ2) is 6.69. The van der Waals surface area contributed by atoms with Gasteiger partial charge in [0.25, 0.3) is 0 Å². The Morgan fingerprint density at radius 2 is 1.84 bits per heavy atom. The zero-order valence-corrected chi connectivity index (χ0v) is 14.3. The van der Waals surface area contributed by atoms with Gasteiger partial charge >= 0.3 is 0 Å². The minimum atomic E-state index is -1.16. The lowest BCUT2D eigenvalue weighted by atomic mass is 10.0. The molecular formula is C19H17F3N2S. The van der Waals surface area contributed by atoms with Crippen LogP contribution in [0.25, 0.3) is 0 Å². The first-order chi connectivity index (χ1) is 12.1. The van der Waals surface area contributed by atoms with Gasteiger partial charge in [-0.05, 0) is 36.1 Å². The van der Waals surface area contributed by atoms with Gasteiger partial charge < -0.3 is 4.57 Å². The molecule has 2 nitrogen and oxygen atoms in total. The number of aryl methyl sites for hydroxylation is 1. The average molecular weight is 362 g/mol. The van der Waals surface area contributed by atoms with Crippen LogP contribution < -0.4 is 0 Å². The number of thiophene rings is 1. The maximum Gasteiger partial charge on any atom is 0.161 e. The second-order valence-electron chi connectivity index (χ2n) is 6.22. The molecule has 0 amide bonds. The quantitative estimate of drug-likeness (QED) is 0.598. The zero-order valence-electron chi connectivity index (χ0n) is 13.5. The molecule has 0 aliphatic carbocycles. The third-order valence-corrected chi connectivity index (χ3v) is 5.49. The molecule has 1 unspecified atom stereocenters. The largest absolute Gasteiger partial charge is 0.350 e. The Balaban J connectivity index is 1.82. The Hall–Kier alpha value is -2.05. The number of halogens is 3. The fourth-order valence-corrected chi connectivity index (χ4v) is 4.25. The van der Waals surface area contributed by atoms with E-state index in [1.807, 2.05) is 35.8 Å². The standard InChI is InChI=1S/C19H17F3N2S/c20-15-11-17(22)16(21)10-14(15)19-18-5-1-6-23(18)7-3-8-24(19)12-13-4-2-9-25-13/h1-2,4-6,9-11,19H,3,7-8,12H2. The summed E-state index contributed by atoms with van der Waals surface area (Å²) < 4.78 is 43.9. The molecule has 25 heavy (non-hydrogen) atoms.